The van der Waals surface area contributed by atoms with Gasteiger partial charge in [0.2, 0.25) is 8.32 Å². The summed E-state index contributed by atoms with van der Waals surface area (Å²) in [6, 6.07) is 3.68. The first-order chi connectivity index (χ1) is 10.5. The number of hydroxylamine groups is 2. The average molecular weight is 336 g/mol. The molecule has 0 amide bonds. The Labute approximate surface area is 140 Å². The molecule has 0 aromatic carbocycles. The van der Waals surface area contributed by atoms with Crippen molar-refractivity contribution in [2.75, 3.05) is 5.73 Å². The predicted molar refractivity (Wildman–Crippen MR) is 99.2 cm³/mol. The highest BCUT2D eigenvalue weighted by Crippen LogP contribution is 2.37. The van der Waals surface area contributed by atoms with E-state index in [-0.39, 0.29) is 11.1 Å². The van der Waals surface area contributed by atoms with E-state index in [9.17, 15) is 0 Å². The molecule has 0 aliphatic carbocycles. The summed E-state index contributed by atoms with van der Waals surface area (Å²) in [5.74, 6) is 0.892. The van der Waals surface area contributed by atoms with Crippen LogP contribution < -0.4 is 5.73 Å². The number of rotatable bonds is 5. The van der Waals surface area contributed by atoms with Crippen molar-refractivity contribution in [3.05, 3.63) is 23.9 Å². The Morgan fingerprint density at radius 3 is 2.48 bits per heavy atom. The number of aromatic nitrogens is 1. The van der Waals surface area contributed by atoms with Crippen molar-refractivity contribution in [2.45, 2.75) is 58.8 Å². The van der Waals surface area contributed by atoms with Crippen molar-refractivity contribution >= 4 is 26.3 Å². The van der Waals surface area contributed by atoms with Crippen LogP contribution in [0.2, 0.25) is 18.1 Å². The summed E-state index contributed by atoms with van der Waals surface area (Å²) in [5.41, 5.74) is 6.67. The van der Waals surface area contributed by atoms with Crippen LogP contribution in [0.1, 0.15) is 40.2 Å². The number of pyridine rings is 1. The van der Waals surface area contributed by atoms with E-state index < -0.39 is 8.32 Å². The standard InChI is InChI=1S/C16H29N5OSi/c1-12(2)20-15(13-9-8-10-19-14(13)18)21(11-17)22-23(6,7)16(3,4)5/h8-12,17H,1-7H3,(H2,18,19)/b17-11?,20-15-. The van der Waals surface area contributed by atoms with Crippen molar-refractivity contribution < 1.29 is 4.53 Å². The first-order valence-corrected chi connectivity index (χ1v) is 10.7. The monoisotopic (exact) mass is 335 g/mol. The van der Waals surface area contributed by atoms with Crippen LogP contribution in [0.5, 0.6) is 0 Å². The van der Waals surface area contributed by atoms with Crippen molar-refractivity contribution in [3.8, 4) is 0 Å². The van der Waals surface area contributed by atoms with Crippen LogP contribution in [0, 0.1) is 5.41 Å². The molecule has 0 saturated carbocycles. The van der Waals surface area contributed by atoms with Gasteiger partial charge in [0, 0.05) is 12.2 Å². The molecule has 0 saturated heterocycles. The van der Waals surface area contributed by atoms with Gasteiger partial charge in [-0.1, -0.05) is 20.8 Å². The molecular weight excluding hydrogens is 306 g/mol. The third-order valence-electron chi connectivity index (χ3n) is 3.92. The molecule has 1 aromatic heterocycles. The van der Waals surface area contributed by atoms with Gasteiger partial charge in [-0.25, -0.2) is 10.0 Å². The van der Waals surface area contributed by atoms with Gasteiger partial charge in [0.1, 0.15) is 12.2 Å². The number of amidine groups is 1. The number of hydrogen-bond donors (Lipinski definition) is 2. The number of hydrogen-bond acceptors (Lipinski definition) is 5. The summed E-state index contributed by atoms with van der Waals surface area (Å²) < 4.78 is 6.24. The van der Waals surface area contributed by atoms with Gasteiger partial charge in [-0.3, -0.25) is 10.4 Å². The van der Waals surface area contributed by atoms with Crippen molar-refractivity contribution in [2.24, 2.45) is 4.99 Å². The highest BCUT2D eigenvalue weighted by Gasteiger charge is 2.40. The Bertz CT molecular complexity index is 578. The number of nitrogen functional groups attached to an aromatic ring is 1. The van der Waals surface area contributed by atoms with E-state index in [4.69, 9.17) is 15.7 Å². The summed E-state index contributed by atoms with van der Waals surface area (Å²) in [6.45, 7) is 14.7. The van der Waals surface area contributed by atoms with E-state index in [0.717, 1.165) is 6.34 Å². The number of nitrogens with two attached hydrogens (primary N) is 1. The highest BCUT2D eigenvalue weighted by atomic mass is 28.4. The van der Waals surface area contributed by atoms with Crippen molar-refractivity contribution in [3.63, 3.8) is 0 Å². The molecule has 128 valence electrons. The van der Waals surface area contributed by atoms with Crippen LogP contribution >= 0.6 is 0 Å². The Hall–Kier alpha value is -1.73. The minimum absolute atomic E-state index is 0.0116. The number of aliphatic imine (C=N–C) groups is 1. The van der Waals surface area contributed by atoms with E-state index in [1.54, 1.807) is 12.3 Å². The average Bonchev–Trinajstić information content (AvgIpc) is 2.42. The fraction of sp³-hybridized carbons (Fsp3) is 0.562. The van der Waals surface area contributed by atoms with Gasteiger partial charge in [0.25, 0.3) is 0 Å². The molecule has 23 heavy (non-hydrogen) atoms. The topological polar surface area (TPSA) is 87.6 Å². The number of anilines is 1. The van der Waals surface area contributed by atoms with Crippen LogP contribution in [-0.2, 0) is 4.53 Å². The molecule has 1 rings (SSSR count). The molecule has 6 nitrogen and oxygen atoms in total. The largest absolute Gasteiger partial charge is 0.383 e. The van der Waals surface area contributed by atoms with E-state index in [2.05, 4.69) is 43.8 Å². The molecule has 0 bridgehead atoms. The number of nitrogens with one attached hydrogen (secondary N) is 1. The maximum absolute atomic E-state index is 7.80. The van der Waals surface area contributed by atoms with Crippen LogP contribution in [0.4, 0.5) is 5.82 Å². The summed E-state index contributed by atoms with van der Waals surface area (Å²) in [6.07, 6.45) is 2.78. The van der Waals surface area contributed by atoms with Gasteiger partial charge in [-0.15, -0.1) is 0 Å². The molecule has 7 heteroatoms. The second-order valence-corrected chi connectivity index (χ2v) is 12.0. The van der Waals surface area contributed by atoms with Gasteiger partial charge in [-0.05, 0) is 44.1 Å². The van der Waals surface area contributed by atoms with Crippen LogP contribution in [-0.4, -0.2) is 36.6 Å². The van der Waals surface area contributed by atoms with Crippen LogP contribution in [0.25, 0.3) is 0 Å². The summed E-state index contributed by atoms with van der Waals surface area (Å²) in [5, 5.41) is 9.24. The lowest BCUT2D eigenvalue weighted by molar-refractivity contribution is 0.0825. The molecule has 0 unspecified atom stereocenters. The van der Waals surface area contributed by atoms with Crippen LogP contribution in [0.3, 0.4) is 0 Å². The molecule has 1 heterocycles. The molecule has 0 atom stereocenters. The van der Waals surface area contributed by atoms with Crippen molar-refractivity contribution in [1.29, 1.82) is 5.41 Å². The van der Waals surface area contributed by atoms with Crippen molar-refractivity contribution in [1.82, 2.24) is 10.0 Å². The molecular formula is C16H29N5OSi. The molecule has 0 aliphatic heterocycles. The first kappa shape index (κ1) is 19.3. The highest BCUT2D eigenvalue weighted by molar-refractivity contribution is 6.74. The molecule has 0 fully saturated rings. The second-order valence-electron chi connectivity index (χ2n) is 7.29. The predicted octanol–water partition coefficient (Wildman–Crippen LogP) is 3.66. The molecule has 0 spiro atoms. The SMILES string of the molecule is CC(C)/N=C(/c1cccnc1N)N(C=N)O[Si](C)(C)C(C)(C)C. The lowest BCUT2D eigenvalue weighted by Crippen LogP contribution is -2.48. The second kappa shape index (κ2) is 7.23. The first-order valence-electron chi connectivity index (χ1n) is 7.77. The number of nitrogens with zero attached hydrogens (tertiary/aromatic N) is 3. The minimum Gasteiger partial charge on any atom is -0.383 e. The Morgan fingerprint density at radius 1 is 1.43 bits per heavy atom. The zero-order valence-electron chi connectivity index (χ0n) is 15.2. The van der Waals surface area contributed by atoms with Gasteiger partial charge in [0.05, 0.1) is 5.56 Å². The Kier molecular flexibility index (Phi) is 6.07. The Balaban J connectivity index is 3.31. The zero-order valence-corrected chi connectivity index (χ0v) is 16.2. The zero-order chi connectivity index (χ0) is 17.8. The van der Waals surface area contributed by atoms with E-state index in [0.29, 0.717) is 17.2 Å². The molecule has 0 radical (unpaired) electrons. The van der Waals surface area contributed by atoms with Gasteiger partial charge in [0.15, 0.2) is 5.84 Å². The summed E-state index contributed by atoms with van der Waals surface area (Å²) in [4.78, 5) is 8.73. The molecule has 1 aromatic rings. The Morgan fingerprint density at radius 2 is 2.04 bits per heavy atom. The molecule has 3 N–H and O–H groups in total. The third-order valence-corrected chi connectivity index (χ3v) is 8.18. The lowest BCUT2D eigenvalue weighted by atomic mass is 10.2. The van der Waals surface area contributed by atoms with Crippen LogP contribution in [0.15, 0.2) is 23.3 Å². The van der Waals surface area contributed by atoms with Gasteiger partial charge in [-0.2, -0.15) is 0 Å². The summed E-state index contributed by atoms with van der Waals surface area (Å²) in [7, 11) is -2.12. The molecule has 0 aliphatic rings. The maximum Gasteiger partial charge on any atom is 0.229 e. The summed E-state index contributed by atoms with van der Waals surface area (Å²) >= 11 is 0. The normalized spacial score (nSPS) is 13.3. The quantitative estimate of drug-likeness (QED) is 0.372. The van der Waals surface area contributed by atoms with E-state index in [1.807, 2.05) is 19.9 Å². The maximum atomic E-state index is 7.80. The fourth-order valence-corrected chi connectivity index (χ4v) is 2.51. The van der Waals surface area contributed by atoms with E-state index >= 15 is 0 Å². The van der Waals surface area contributed by atoms with E-state index in [1.165, 1.54) is 5.06 Å². The lowest BCUT2D eigenvalue weighted by Gasteiger charge is -2.39. The fourth-order valence-electron chi connectivity index (χ4n) is 1.61. The van der Waals surface area contributed by atoms with Gasteiger partial charge < -0.3 is 10.3 Å². The van der Waals surface area contributed by atoms with Gasteiger partial charge >= 0.3 is 0 Å². The third kappa shape index (κ3) is 4.87. The smallest absolute Gasteiger partial charge is 0.229 e. The minimum atomic E-state index is -2.12.